The molecule has 1 unspecified atom stereocenters. The fraction of sp³-hybridized carbons (Fsp3) is 0.357. The number of hydrogen-bond donors (Lipinski definition) is 3. The largest absolute Gasteiger partial charge is 0.508 e. The van der Waals surface area contributed by atoms with Crippen LogP contribution in [0.1, 0.15) is 23.2 Å². The molecule has 1 aromatic carbocycles. The van der Waals surface area contributed by atoms with E-state index in [4.69, 9.17) is 5.73 Å². The van der Waals surface area contributed by atoms with Crippen molar-refractivity contribution in [2.45, 2.75) is 18.9 Å². The Bertz CT molecular complexity index is 499. The molecule has 102 valence electrons. The first-order valence-electron chi connectivity index (χ1n) is 6.29. The minimum atomic E-state index is -0.253. The summed E-state index contributed by atoms with van der Waals surface area (Å²) >= 11 is 0. The number of nitrogen functional groups attached to an aromatic ring is 1. The van der Waals surface area contributed by atoms with Crippen LogP contribution in [0.4, 0.5) is 5.69 Å². The second kappa shape index (κ2) is 5.75. The van der Waals surface area contributed by atoms with Crippen molar-refractivity contribution in [2.75, 3.05) is 18.9 Å². The Labute approximate surface area is 112 Å². The van der Waals surface area contributed by atoms with Gasteiger partial charge in [0.25, 0.3) is 0 Å². The predicted molar refractivity (Wildman–Crippen MR) is 72.8 cm³/mol. The van der Waals surface area contributed by atoms with Crippen molar-refractivity contribution in [3.63, 3.8) is 0 Å². The van der Waals surface area contributed by atoms with Crippen LogP contribution in [0.5, 0.6) is 5.75 Å². The maximum atomic E-state index is 12.0. The average Bonchev–Trinajstić information content (AvgIpc) is 2.86. The molecule has 0 bridgehead atoms. The van der Waals surface area contributed by atoms with E-state index in [0.717, 1.165) is 19.4 Å². The number of aliphatic hydroxyl groups is 1. The van der Waals surface area contributed by atoms with Crippen molar-refractivity contribution in [1.82, 2.24) is 4.90 Å². The van der Waals surface area contributed by atoms with Crippen LogP contribution in [0, 0.1) is 0 Å². The van der Waals surface area contributed by atoms with Gasteiger partial charge >= 0.3 is 0 Å². The van der Waals surface area contributed by atoms with E-state index in [1.54, 1.807) is 6.20 Å². The molecule has 1 aromatic rings. The number of anilines is 1. The molecule has 0 aromatic heterocycles. The number of likely N-dealkylation sites (tertiary alicyclic amines) is 1. The topological polar surface area (TPSA) is 86.8 Å². The van der Waals surface area contributed by atoms with E-state index < -0.39 is 0 Å². The molecule has 0 saturated carbocycles. The third kappa shape index (κ3) is 3.06. The Morgan fingerprint density at radius 1 is 1.53 bits per heavy atom. The van der Waals surface area contributed by atoms with Gasteiger partial charge in [0, 0.05) is 30.1 Å². The summed E-state index contributed by atoms with van der Waals surface area (Å²) in [6.07, 6.45) is 5.07. The zero-order valence-corrected chi connectivity index (χ0v) is 10.6. The highest BCUT2D eigenvalue weighted by Crippen LogP contribution is 2.20. The summed E-state index contributed by atoms with van der Waals surface area (Å²) in [5, 5.41) is 18.6. The molecule has 2 rings (SSSR count). The van der Waals surface area contributed by atoms with Crippen LogP contribution in [0.3, 0.4) is 0 Å². The number of benzene rings is 1. The van der Waals surface area contributed by atoms with Crippen molar-refractivity contribution in [1.29, 1.82) is 0 Å². The minimum Gasteiger partial charge on any atom is -0.508 e. The molecule has 1 heterocycles. The molecule has 1 aliphatic heterocycles. The lowest BCUT2D eigenvalue weighted by Gasteiger charge is -2.20. The monoisotopic (exact) mass is 262 g/mol. The number of phenols is 1. The van der Waals surface area contributed by atoms with Crippen molar-refractivity contribution >= 4 is 11.5 Å². The van der Waals surface area contributed by atoms with E-state index in [1.165, 1.54) is 24.3 Å². The van der Waals surface area contributed by atoms with Gasteiger partial charge in [-0.1, -0.05) is 0 Å². The van der Waals surface area contributed by atoms with E-state index >= 15 is 0 Å². The van der Waals surface area contributed by atoms with Gasteiger partial charge in [-0.2, -0.15) is 0 Å². The number of ketones is 1. The van der Waals surface area contributed by atoms with Gasteiger partial charge in [0.05, 0.1) is 12.6 Å². The van der Waals surface area contributed by atoms with E-state index in [-0.39, 0.29) is 29.7 Å². The van der Waals surface area contributed by atoms with Crippen LogP contribution in [-0.4, -0.2) is 40.1 Å². The molecule has 5 nitrogen and oxygen atoms in total. The normalized spacial score (nSPS) is 19.2. The molecule has 0 radical (unpaired) electrons. The highest BCUT2D eigenvalue weighted by atomic mass is 16.3. The third-order valence-corrected chi connectivity index (χ3v) is 3.35. The number of nitrogens with two attached hydrogens (primary N) is 1. The molecule has 1 fully saturated rings. The Morgan fingerprint density at radius 2 is 2.32 bits per heavy atom. The zero-order valence-electron chi connectivity index (χ0n) is 10.6. The van der Waals surface area contributed by atoms with Crippen LogP contribution in [-0.2, 0) is 0 Å². The summed E-state index contributed by atoms with van der Waals surface area (Å²) in [6.45, 7) is 0.928. The molecule has 0 aliphatic carbocycles. The molecule has 0 amide bonds. The SMILES string of the molecule is Nc1ccc(O)cc1C(=O)C=CN1CCCC1CO. The van der Waals surface area contributed by atoms with E-state index in [9.17, 15) is 15.0 Å². The summed E-state index contributed by atoms with van der Waals surface area (Å²) in [5.74, 6) is -0.239. The number of rotatable bonds is 4. The summed E-state index contributed by atoms with van der Waals surface area (Å²) in [7, 11) is 0. The molecule has 1 saturated heterocycles. The van der Waals surface area contributed by atoms with Gasteiger partial charge < -0.3 is 20.8 Å². The summed E-state index contributed by atoms with van der Waals surface area (Å²) in [5.41, 5.74) is 6.34. The number of aliphatic hydroxyl groups excluding tert-OH is 1. The Morgan fingerprint density at radius 3 is 3.05 bits per heavy atom. The van der Waals surface area contributed by atoms with Gasteiger partial charge in [-0.25, -0.2) is 0 Å². The van der Waals surface area contributed by atoms with Crippen LogP contribution >= 0.6 is 0 Å². The molecule has 0 spiro atoms. The molecule has 1 atom stereocenters. The van der Waals surface area contributed by atoms with Gasteiger partial charge in [0.2, 0.25) is 0 Å². The minimum absolute atomic E-state index is 0.0142. The number of hydrogen-bond acceptors (Lipinski definition) is 5. The molecule has 4 N–H and O–H groups in total. The standard InChI is InChI=1S/C14H18N2O3/c15-13-4-3-11(18)8-12(13)14(19)5-7-16-6-1-2-10(16)9-17/h3-5,7-8,10,17-18H,1-2,6,9,15H2. The fourth-order valence-electron chi connectivity index (χ4n) is 2.26. The lowest BCUT2D eigenvalue weighted by molar-refractivity contribution is 0.104. The summed E-state index contributed by atoms with van der Waals surface area (Å²) < 4.78 is 0. The fourth-order valence-corrected chi connectivity index (χ4v) is 2.26. The molecule has 19 heavy (non-hydrogen) atoms. The number of phenolic OH excluding ortho intramolecular Hbond substituents is 1. The van der Waals surface area contributed by atoms with Crippen molar-refractivity contribution in [3.8, 4) is 5.75 Å². The highest BCUT2D eigenvalue weighted by molar-refractivity contribution is 6.08. The average molecular weight is 262 g/mol. The van der Waals surface area contributed by atoms with Crippen LogP contribution in [0.25, 0.3) is 0 Å². The second-order valence-corrected chi connectivity index (χ2v) is 4.67. The van der Waals surface area contributed by atoms with Crippen molar-refractivity contribution in [2.24, 2.45) is 0 Å². The number of nitrogens with zero attached hydrogens (tertiary/aromatic N) is 1. The molecule has 1 aliphatic rings. The third-order valence-electron chi connectivity index (χ3n) is 3.35. The van der Waals surface area contributed by atoms with Gasteiger partial charge in [-0.05, 0) is 31.0 Å². The first-order valence-corrected chi connectivity index (χ1v) is 6.29. The maximum Gasteiger partial charge on any atom is 0.189 e. The van der Waals surface area contributed by atoms with Crippen molar-refractivity contribution < 1.29 is 15.0 Å². The maximum absolute atomic E-state index is 12.0. The van der Waals surface area contributed by atoms with Gasteiger partial charge in [-0.15, -0.1) is 0 Å². The Kier molecular flexibility index (Phi) is 4.06. The van der Waals surface area contributed by atoms with E-state index in [1.807, 2.05) is 4.90 Å². The smallest absolute Gasteiger partial charge is 0.189 e. The summed E-state index contributed by atoms with van der Waals surface area (Å²) in [6, 6.07) is 4.39. The molecule has 5 heteroatoms. The Balaban J connectivity index is 2.10. The van der Waals surface area contributed by atoms with Gasteiger partial charge in [-0.3, -0.25) is 4.79 Å². The van der Waals surface area contributed by atoms with Gasteiger partial charge in [0.15, 0.2) is 5.78 Å². The lowest BCUT2D eigenvalue weighted by Crippen LogP contribution is -2.27. The number of allylic oxidation sites excluding steroid dienone is 1. The highest BCUT2D eigenvalue weighted by Gasteiger charge is 2.20. The second-order valence-electron chi connectivity index (χ2n) is 4.67. The van der Waals surface area contributed by atoms with Crippen LogP contribution in [0.15, 0.2) is 30.5 Å². The quantitative estimate of drug-likeness (QED) is 0.328. The molecular weight excluding hydrogens is 244 g/mol. The first-order chi connectivity index (χ1) is 9.11. The van der Waals surface area contributed by atoms with Crippen molar-refractivity contribution in [3.05, 3.63) is 36.0 Å². The first kappa shape index (κ1) is 13.4. The predicted octanol–water partition coefficient (Wildman–Crippen LogP) is 1.13. The van der Waals surface area contributed by atoms with Gasteiger partial charge in [0.1, 0.15) is 5.75 Å². The van der Waals surface area contributed by atoms with E-state index in [2.05, 4.69) is 0 Å². The zero-order chi connectivity index (χ0) is 13.8. The summed E-state index contributed by atoms with van der Waals surface area (Å²) in [4.78, 5) is 14.0. The van der Waals surface area contributed by atoms with Crippen LogP contribution < -0.4 is 5.73 Å². The van der Waals surface area contributed by atoms with E-state index in [0.29, 0.717) is 5.69 Å². The number of carbonyl (C=O) groups is 1. The van der Waals surface area contributed by atoms with Crippen LogP contribution in [0.2, 0.25) is 0 Å². The number of carbonyl (C=O) groups excluding carboxylic acids is 1. The molecular formula is C14H18N2O3. The Hall–Kier alpha value is -2.01. The lowest BCUT2D eigenvalue weighted by atomic mass is 10.1. The number of aromatic hydroxyl groups is 1.